The lowest BCUT2D eigenvalue weighted by atomic mass is 10.0. The Kier molecular flexibility index (Phi) is 13.2. The van der Waals surface area contributed by atoms with E-state index in [1.54, 1.807) is 53.7 Å². The lowest BCUT2D eigenvalue weighted by Gasteiger charge is -2.24. The second-order valence-corrected chi connectivity index (χ2v) is 11.4. The predicted molar refractivity (Wildman–Crippen MR) is 150 cm³/mol. The van der Waals surface area contributed by atoms with Gasteiger partial charge in [-0.3, -0.25) is 14.4 Å². The zero-order valence-corrected chi connectivity index (χ0v) is 25.5. The van der Waals surface area contributed by atoms with Crippen LogP contribution in [0, 0.1) is 0 Å². The van der Waals surface area contributed by atoms with Gasteiger partial charge >= 0.3 is 18.2 Å². The Bertz CT molecular complexity index is 1120. The van der Waals surface area contributed by atoms with Gasteiger partial charge < -0.3 is 40.2 Å². The van der Waals surface area contributed by atoms with E-state index in [2.05, 4.69) is 26.0 Å². The minimum atomic E-state index is -1.16. The van der Waals surface area contributed by atoms with Gasteiger partial charge in [0.25, 0.3) is 0 Å². The maximum Gasteiger partial charge on any atom is 0.514 e. The summed E-state index contributed by atoms with van der Waals surface area (Å²) in [6.07, 6.45) is -1.72. The van der Waals surface area contributed by atoms with Gasteiger partial charge in [0.1, 0.15) is 35.1 Å². The number of alkyl carbamates (subject to hydrolysis) is 1. The molecule has 0 saturated heterocycles. The second kappa shape index (κ2) is 15.6. The molecule has 0 bridgehead atoms. The van der Waals surface area contributed by atoms with Gasteiger partial charge in [-0.15, -0.1) is 0 Å². The summed E-state index contributed by atoms with van der Waals surface area (Å²) in [5, 5.41) is 9.74. The third-order valence-corrected chi connectivity index (χ3v) is 5.07. The number of hydrogen-bond acceptors (Lipinski definition) is 10. The highest BCUT2D eigenvalue weighted by Gasteiger charge is 2.28. The molecule has 0 spiro atoms. The summed E-state index contributed by atoms with van der Waals surface area (Å²) in [7, 11) is 1.18. The quantitative estimate of drug-likeness (QED) is 0.167. The molecular formula is C28H42N4O10. The van der Waals surface area contributed by atoms with Crippen molar-refractivity contribution in [3.05, 3.63) is 29.8 Å². The van der Waals surface area contributed by atoms with E-state index in [0.717, 1.165) is 0 Å². The summed E-state index contributed by atoms with van der Waals surface area (Å²) < 4.78 is 20.1. The minimum Gasteiger partial charge on any atom is -0.467 e. The molecule has 14 heteroatoms. The van der Waals surface area contributed by atoms with Gasteiger partial charge in [0.15, 0.2) is 0 Å². The van der Waals surface area contributed by atoms with Crippen LogP contribution in [-0.4, -0.2) is 78.9 Å². The van der Waals surface area contributed by atoms with Gasteiger partial charge in [0.2, 0.25) is 17.7 Å². The van der Waals surface area contributed by atoms with E-state index in [1.807, 2.05) is 0 Å². The molecule has 0 aliphatic carbocycles. The monoisotopic (exact) mass is 594 g/mol. The summed E-state index contributed by atoms with van der Waals surface area (Å²) in [6.45, 7) is 12.5. The highest BCUT2D eigenvalue weighted by atomic mass is 16.7. The zero-order valence-electron chi connectivity index (χ0n) is 25.5. The average Bonchev–Trinajstić information content (AvgIpc) is 2.84. The van der Waals surface area contributed by atoms with Crippen molar-refractivity contribution >= 4 is 35.9 Å². The molecular weight excluding hydrogens is 552 g/mol. The molecule has 1 rings (SSSR count). The number of carbonyl (C=O) groups is 6. The molecule has 4 N–H and O–H groups in total. The third kappa shape index (κ3) is 14.3. The van der Waals surface area contributed by atoms with Gasteiger partial charge in [-0.25, -0.2) is 14.4 Å². The molecule has 0 aliphatic heterocycles. The number of esters is 1. The molecule has 0 aromatic heterocycles. The number of carbonyl (C=O) groups excluding carboxylic acids is 6. The van der Waals surface area contributed by atoms with Crippen molar-refractivity contribution in [1.29, 1.82) is 0 Å². The number of methoxy groups -OCH3 is 1. The second-order valence-electron chi connectivity index (χ2n) is 11.4. The molecule has 0 heterocycles. The first kappa shape index (κ1) is 35.7. The minimum absolute atomic E-state index is 0.0000443. The maximum atomic E-state index is 13.1. The van der Waals surface area contributed by atoms with Crippen LogP contribution in [0.25, 0.3) is 0 Å². The molecule has 1 aromatic carbocycles. The molecule has 0 fully saturated rings. The summed E-state index contributed by atoms with van der Waals surface area (Å²) in [5.41, 5.74) is -0.962. The summed E-state index contributed by atoms with van der Waals surface area (Å²) in [6, 6.07) is 3.05. The van der Waals surface area contributed by atoms with E-state index in [-0.39, 0.29) is 12.2 Å². The molecule has 0 unspecified atom stereocenters. The first-order valence-corrected chi connectivity index (χ1v) is 13.2. The van der Waals surface area contributed by atoms with E-state index in [9.17, 15) is 28.8 Å². The fraction of sp³-hybridized carbons (Fsp3) is 0.571. The highest BCUT2D eigenvalue weighted by molar-refractivity contribution is 5.93. The van der Waals surface area contributed by atoms with Gasteiger partial charge in [-0.05, 0) is 73.1 Å². The molecule has 0 aliphatic rings. The lowest BCUT2D eigenvalue weighted by Crippen LogP contribution is -2.54. The number of nitrogens with one attached hydrogen (secondary N) is 4. The van der Waals surface area contributed by atoms with Crippen LogP contribution in [0.3, 0.4) is 0 Å². The normalized spacial score (nSPS) is 13.4. The highest BCUT2D eigenvalue weighted by Crippen LogP contribution is 2.17. The standard InChI is InChI=1S/C28H42N4O10/c1-16(22(34)29-15-21(33)30-17(2)24(36)39-9)31-23(35)20(32-25(37)41-27(3,4)5)14-18-10-12-19(13-11-18)40-26(38)42-28(6,7)8/h10-13,16-17,20H,14-15H2,1-9H3,(H,29,34)(H,30,33)(H,31,35)(H,32,37)/t16-,17-,20+/m0/s1. The van der Waals surface area contributed by atoms with Crippen LogP contribution >= 0.6 is 0 Å². The van der Waals surface area contributed by atoms with Gasteiger partial charge in [-0.1, -0.05) is 12.1 Å². The fourth-order valence-electron chi connectivity index (χ4n) is 3.18. The first-order valence-electron chi connectivity index (χ1n) is 13.2. The largest absolute Gasteiger partial charge is 0.514 e. The fourth-order valence-corrected chi connectivity index (χ4v) is 3.18. The number of benzene rings is 1. The van der Waals surface area contributed by atoms with E-state index in [1.165, 1.54) is 33.1 Å². The van der Waals surface area contributed by atoms with Crippen LogP contribution < -0.4 is 26.0 Å². The van der Waals surface area contributed by atoms with Crippen LogP contribution in [0.5, 0.6) is 5.75 Å². The molecule has 42 heavy (non-hydrogen) atoms. The van der Waals surface area contributed by atoms with Crippen LogP contribution in [0.2, 0.25) is 0 Å². The van der Waals surface area contributed by atoms with Crippen molar-refractivity contribution in [3.63, 3.8) is 0 Å². The number of amides is 4. The van der Waals surface area contributed by atoms with Gasteiger partial charge in [0.05, 0.1) is 13.7 Å². The Morgan fingerprint density at radius 2 is 1.33 bits per heavy atom. The Labute approximate surface area is 245 Å². The van der Waals surface area contributed by atoms with Crippen molar-refractivity contribution in [2.45, 2.75) is 91.1 Å². The first-order chi connectivity index (χ1) is 19.3. The van der Waals surface area contributed by atoms with Crippen LogP contribution in [0.1, 0.15) is 61.0 Å². The Hall–Kier alpha value is -4.36. The molecule has 3 atom stereocenters. The Balaban J connectivity index is 2.88. The van der Waals surface area contributed by atoms with E-state index in [0.29, 0.717) is 5.56 Å². The van der Waals surface area contributed by atoms with Crippen LogP contribution in [-0.2, 0) is 39.8 Å². The van der Waals surface area contributed by atoms with Gasteiger partial charge in [-0.2, -0.15) is 0 Å². The molecule has 1 aromatic rings. The molecule has 0 saturated carbocycles. The lowest BCUT2D eigenvalue weighted by molar-refractivity contribution is -0.144. The third-order valence-electron chi connectivity index (χ3n) is 5.07. The van der Waals surface area contributed by atoms with Crippen molar-refractivity contribution in [3.8, 4) is 5.75 Å². The van der Waals surface area contributed by atoms with E-state index < -0.39 is 71.8 Å². The Morgan fingerprint density at radius 3 is 1.86 bits per heavy atom. The smallest absolute Gasteiger partial charge is 0.467 e. The van der Waals surface area contributed by atoms with Crippen molar-refractivity contribution < 1.29 is 47.7 Å². The van der Waals surface area contributed by atoms with Crippen molar-refractivity contribution in [2.75, 3.05) is 13.7 Å². The number of hydrogen-bond donors (Lipinski definition) is 4. The summed E-state index contributed by atoms with van der Waals surface area (Å²) in [4.78, 5) is 73.4. The average molecular weight is 595 g/mol. The maximum absolute atomic E-state index is 13.1. The molecule has 14 nitrogen and oxygen atoms in total. The van der Waals surface area contributed by atoms with Crippen molar-refractivity contribution in [2.24, 2.45) is 0 Å². The molecule has 0 radical (unpaired) electrons. The number of rotatable bonds is 11. The van der Waals surface area contributed by atoms with E-state index >= 15 is 0 Å². The van der Waals surface area contributed by atoms with Gasteiger partial charge in [0, 0.05) is 6.42 Å². The van der Waals surface area contributed by atoms with Crippen LogP contribution in [0.15, 0.2) is 24.3 Å². The number of ether oxygens (including phenoxy) is 4. The van der Waals surface area contributed by atoms with E-state index in [4.69, 9.17) is 14.2 Å². The van der Waals surface area contributed by atoms with Crippen LogP contribution in [0.4, 0.5) is 9.59 Å². The topological polar surface area (TPSA) is 187 Å². The zero-order chi connectivity index (χ0) is 32.3. The summed E-state index contributed by atoms with van der Waals surface area (Å²) in [5.74, 6) is -2.44. The van der Waals surface area contributed by atoms with Crippen molar-refractivity contribution in [1.82, 2.24) is 21.3 Å². The molecule has 4 amide bonds. The Morgan fingerprint density at radius 1 is 0.762 bits per heavy atom. The summed E-state index contributed by atoms with van der Waals surface area (Å²) >= 11 is 0. The predicted octanol–water partition coefficient (Wildman–Crippen LogP) is 1.73. The SMILES string of the molecule is COC(=O)[C@H](C)NC(=O)CNC(=O)[C@H](C)NC(=O)[C@@H](Cc1ccc(OC(=O)OC(C)(C)C)cc1)NC(=O)OC(C)(C)C. The molecule has 234 valence electrons.